The van der Waals surface area contributed by atoms with E-state index < -0.39 is 5.91 Å². The molecule has 30 heavy (non-hydrogen) atoms. The Morgan fingerprint density at radius 1 is 1.00 bits per heavy atom. The Bertz CT molecular complexity index is 1080. The summed E-state index contributed by atoms with van der Waals surface area (Å²) in [6.45, 7) is 10.2. The van der Waals surface area contributed by atoms with Crippen LogP contribution in [0.4, 0.5) is 0 Å². The average Bonchev–Trinajstić information content (AvgIpc) is 3.05. The first-order valence-corrected chi connectivity index (χ1v) is 10.1. The quantitative estimate of drug-likeness (QED) is 0.363. The molecule has 1 unspecified atom stereocenters. The zero-order valence-corrected chi connectivity index (χ0v) is 18.1. The van der Waals surface area contributed by atoms with Gasteiger partial charge in [-0.05, 0) is 61.1 Å². The van der Waals surface area contributed by atoms with Crippen molar-refractivity contribution in [3.8, 4) is 0 Å². The predicted octanol–water partition coefficient (Wildman–Crippen LogP) is 4.27. The lowest BCUT2D eigenvalue weighted by molar-refractivity contribution is -0.121. The molecule has 158 valence electrons. The topological polar surface area (TPSA) is 94.2 Å². The van der Waals surface area contributed by atoms with Gasteiger partial charge in [0.25, 0.3) is 5.91 Å². The first-order chi connectivity index (χ1) is 14.2. The number of rotatable bonds is 6. The molecule has 1 heterocycles. The highest BCUT2D eigenvalue weighted by Crippen LogP contribution is 2.29. The zero-order chi connectivity index (χ0) is 22.0. The second kappa shape index (κ2) is 8.71. The number of fused-ring (bicyclic) bond motifs is 1. The van der Waals surface area contributed by atoms with Crippen molar-refractivity contribution in [2.45, 2.75) is 47.1 Å². The summed E-state index contributed by atoms with van der Waals surface area (Å²) in [6, 6.07) is 10.9. The highest BCUT2D eigenvalue weighted by atomic mass is 16.5. The fraction of sp³-hybridized carbons (Fsp3) is 0.333. The van der Waals surface area contributed by atoms with Gasteiger partial charge in [0, 0.05) is 22.2 Å². The van der Waals surface area contributed by atoms with Gasteiger partial charge in [-0.15, -0.1) is 0 Å². The molecule has 0 aliphatic heterocycles. The molecular weight excluding hydrogens is 378 g/mol. The van der Waals surface area contributed by atoms with Crippen molar-refractivity contribution in [3.63, 3.8) is 0 Å². The Morgan fingerprint density at radius 2 is 1.63 bits per heavy atom. The lowest BCUT2D eigenvalue weighted by Crippen LogP contribution is -2.33. The highest BCUT2D eigenvalue weighted by molar-refractivity contribution is 5.94. The maximum atomic E-state index is 13.0. The Morgan fingerprint density at radius 3 is 2.23 bits per heavy atom. The first-order valence-electron chi connectivity index (χ1n) is 10.1. The molecule has 2 amide bonds. The summed E-state index contributed by atoms with van der Waals surface area (Å²) in [5.74, 6) is -0.442. The maximum absolute atomic E-state index is 13.0. The Labute approximate surface area is 176 Å². The number of aryl methyl sites for hydroxylation is 3. The highest BCUT2D eigenvalue weighted by Gasteiger charge is 2.21. The van der Waals surface area contributed by atoms with Gasteiger partial charge >= 0.3 is 0 Å². The van der Waals surface area contributed by atoms with Crippen LogP contribution in [0.2, 0.25) is 0 Å². The molecule has 0 radical (unpaired) electrons. The van der Waals surface area contributed by atoms with Crippen LogP contribution in [0.1, 0.15) is 58.2 Å². The van der Waals surface area contributed by atoms with Crippen molar-refractivity contribution in [3.05, 3.63) is 69.9 Å². The van der Waals surface area contributed by atoms with Gasteiger partial charge in [0.15, 0.2) is 0 Å². The summed E-state index contributed by atoms with van der Waals surface area (Å²) < 4.78 is 0. The third-order valence-electron chi connectivity index (χ3n) is 5.64. The van der Waals surface area contributed by atoms with E-state index in [1.165, 1.54) is 0 Å². The van der Waals surface area contributed by atoms with Crippen molar-refractivity contribution in [1.29, 1.82) is 0 Å². The molecule has 4 N–H and O–H groups in total. The molecule has 0 spiro atoms. The molecule has 2 aromatic carbocycles. The smallest absolute Gasteiger partial charge is 0.274 e. The van der Waals surface area contributed by atoms with Crippen LogP contribution in [0.25, 0.3) is 10.9 Å². The fourth-order valence-corrected chi connectivity index (χ4v) is 3.96. The number of aromatic amines is 1. The van der Waals surface area contributed by atoms with E-state index in [1.54, 1.807) is 29.7 Å². The van der Waals surface area contributed by atoms with Crippen LogP contribution in [0.5, 0.6) is 0 Å². The monoisotopic (exact) mass is 407 g/mol. The minimum atomic E-state index is -0.563. The molecular formula is C24H29N3O3. The Hall–Kier alpha value is -3.12. The molecule has 1 atom stereocenters. The van der Waals surface area contributed by atoms with Gasteiger partial charge < -0.3 is 10.3 Å². The largest absolute Gasteiger partial charge is 0.358 e. The normalized spacial score (nSPS) is 12.2. The van der Waals surface area contributed by atoms with Gasteiger partial charge in [0.05, 0.1) is 12.5 Å². The van der Waals surface area contributed by atoms with Crippen LogP contribution in [-0.2, 0) is 11.2 Å². The number of amides is 2. The van der Waals surface area contributed by atoms with E-state index in [0.29, 0.717) is 12.0 Å². The lowest BCUT2D eigenvalue weighted by Gasteiger charge is -2.23. The third-order valence-corrected chi connectivity index (χ3v) is 5.64. The van der Waals surface area contributed by atoms with Crippen molar-refractivity contribution in [2.24, 2.45) is 5.92 Å². The predicted molar refractivity (Wildman–Crippen MR) is 118 cm³/mol. The summed E-state index contributed by atoms with van der Waals surface area (Å²) >= 11 is 0. The van der Waals surface area contributed by atoms with E-state index >= 15 is 0 Å². The van der Waals surface area contributed by atoms with Gasteiger partial charge in [-0.1, -0.05) is 38.1 Å². The second-order valence-electron chi connectivity index (χ2n) is 8.21. The number of hydroxylamine groups is 1. The minimum absolute atomic E-state index is 0.0456. The third kappa shape index (κ3) is 4.24. The second-order valence-corrected chi connectivity index (χ2v) is 8.21. The molecule has 6 nitrogen and oxygen atoms in total. The number of hydrogen-bond donors (Lipinski definition) is 4. The Kier molecular flexibility index (Phi) is 6.27. The van der Waals surface area contributed by atoms with Gasteiger partial charge in [-0.25, -0.2) is 5.48 Å². The average molecular weight is 408 g/mol. The van der Waals surface area contributed by atoms with Crippen LogP contribution >= 0.6 is 0 Å². The van der Waals surface area contributed by atoms with Gasteiger partial charge in [-0.3, -0.25) is 14.8 Å². The minimum Gasteiger partial charge on any atom is -0.358 e. The molecule has 0 fully saturated rings. The van der Waals surface area contributed by atoms with E-state index in [0.717, 1.165) is 38.9 Å². The van der Waals surface area contributed by atoms with Crippen molar-refractivity contribution < 1.29 is 14.8 Å². The van der Waals surface area contributed by atoms with E-state index in [1.807, 2.05) is 20.8 Å². The van der Waals surface area contributed by atoms with Crippen LogP contribution in [-0.4, -0.2) is 22.0 Å². The molecule has 0 bridgehead atoms. The summed E-state index contributed by atoms with van der Waals surface area (Å²) in [6.07, 6.45) is 0.296. The molecule has 0 saturated heterocycles. The van der Waals surface area contributed by atoms with Crippen LogP contribution in [0.15, 0.2) is 36.4 Å². The number of carbonyl (C=O) groups is 2. The summed E-state index contributed by atoms with van der Waals surface area (Å²) in [5.41, 5.74) is 8.35. The van der Waals surface area contributed by atoms with Gasteiger partial charge in [0.2, 0.25) is 5.91 Å². The van der Waals surface area contributed by atoms with Crippen LogP contribution < -0.4 is 10.8 Å². The number of H-pyrrole nitrogens is 1. The van der Waals surface area contributed by atoms with E-state index in [2.05, 4.69) is 36.3 Å². The number of benzene rings is 2. The number of carbonyl (C=O) groups excluding carboxylic acids is 2. The van der Waals surface area contributed by atoms with Crippen molar-refractivity contribution in [2.75, 3.05) is 0 Å². The number of hydrogen-bond acceptors (Lipinski definition) is 3. The molecule has 0 aliphatic carbocycles. The fourth-order valence-electron chi connectivity index (χ4n) is 3.96. The molecule has 0 aliphatic rings. The molecule has 1 aromatic heterocycles. The van der Waals surface area contributed by atoms with Crippen molar-refractivity contribution >= 4 is 22.7 Å². The lowest BCUT2D eigenvalue weighted by atomic mass is 9.94. The van der Waals surface area contributed by atoms with E-state index in [-0.39, 0.29) is 17.9 Å². The van der Waals surface area contributed by atoms with Gasteiger partial charge in [-0.2, -0.15) is 0 Å². The van der Waals surface area contributed by atoms with E-state index in [4.69, 9.17) is 5.21 Å². The first kappa shape index (κ1) is 21.6. The summed E-state index contributed by atoms with van der Waals surface area (Å²) in [7, 11) is 0. The summed E-state index contributed by atoms with van der Waals surface area (Å²) in [4.78, 5) is 28.0. The SMILES string of the molecule is Cc1[nH]c2c(C)ccc(C)c2c1CC(=O)NC(c1ccc(C(=O)NO)cc1)C(C)C. The van der Waals surface area contributed by atoms with Crippen LogP contribution in [0, 0.1) is 26.7 Å². The summed E-state index contributed by atoms with van der Waals surface area (Å²) in [5, 5.41) is 13.1. The molecule has 0 saturated carbocycles. The molecule has 6 heteroatoms. The van der Waals surface area contributed by atoms with Crippen LogP contribution in [0.3, 0.4) is 0 Å². The maximum Gasteiger partial charge on any atom is 0.274 e. The standard InChI is InChI=1S/C24H29N3O3/c1-13(2)22(17-8-10-18(11-9-17)24(29)27-30)26-20(28)12-19-16(5)25-23-15(4)7-6-14(3)21(19)23/h6-11,13,22,25,30H,12H2,1-5H3,(H,26,28)(H,27,29). The van der Waals surface area contributed by atoms with E-state index in [9.17, 15) is 9.59 Å². The van der Waals surface area contributed by atoms with Crippen molar-refractivity contribution in [1.82, 2.24) is 15.8 Å². The Balaban J connectivity index is 1.83. The number of aromatic nitrogens is 1. The number of nitrogens with one attached hydrogen (secondary N) is 3. The zero-order valence-electron chi connectivity index (χ0n) is 18.1. The molecule has 3 aromatic rings. The molecule has 3 rings (SSSR count). The van der Waals surface area contributed by atoms with Gasteiger partial charge in [0.1, 0.15) is 0 Å².